The molecule has 2 aromatic rings. The number of carboxylic acids is 1. The molecule has 4 heterocycles. The molecule has 0 aromatic heterocycles. The number of Topliss-reactive ketones (excluding diaryl/α,β-unsaturated/α-hetero) is 1. The van der Waals surface area contributed by atoms with Gasteiger partial charge in [0.2, 0.25) is 0 Å². The number of benzene rings is 2. The number of nitrogens with zero attached hydrogens (tertiary/aromatic N) is 1. The van der Waals surface area contributed by atoms with Crippen molar-refractivity contribution in [1.29, 1.82) is 0 Å². The molecular weight excluding hydrogens is 494 g/mol. The molecule has 0 amide bonds. The zero-order valence-electron chi connectivity index (χ0n) is 21.8. The number of ketones is 1. The van der Waals surface area contributed by atoms with Gasteiger partial charge < -0.3 is 33.6 Å². The Labute approximate surface area is 220 Å². The molecule has 4 aliphatic rings. The van der Waals surface area contributed by atoms with Gasteiger partial charge in [0.25, 0.3) is 5.97 Å². The minimum Gasteiger partial charge on any atom is -0.493 e. The van der Waals surface area contributed by atoms with E-state index >= 15 is 0 Å². The number of carbonyl (C=O) groups is 2. The van der Waals surface area contributed by atoms with Crippen molar-refractivity contribution in [3.63, 3.8) is 0 Å². The van der Waals surface area contributed by atoms with E-state index in [1.165, 1.54) is 0 Å². The summed E-state index contributed by atoms with van der Waals surface area (Å²) in [5.74, 6) is 1.85. The molecule has 202 valence electrons. The summed E-state index contributed by atoms with van der Waals surface area (Å²) >= 11 is 0. The Hall–Kier alpha value is -4.21. The summed E-state index contributed by atoms with van der Waals surface area (Å²) in [6.07, 6.45) is 2.91. The van der Waals surface area contributed by atoms with Crippen molar-refractivity contribution in [3.8, 4) is 28.7 Å². The van der Waals surface area contributed by atoms with Crippen LogP contribution >= 0.6 is 0 Å². The van der Waals surface area contributed by atoms with Crippen LogP contribution in [0.25, 0.3) is 0 Å². The highest BCUT2D eigenvalue weighted by molar-refractivity contribution is 6.06. The summed E-state index contributed by atoms with van der Waals surface area (Å²) in [6.45, 7) is 8.08. The second-order valence-corrected chi connectivity index (χ2v) is 9.06. The van der Waals surface area contributed by atoms with Crippen molar-refractivity contribution in [2.75, 3.05) is 27.4 Å². The van der Waals surface area contributed by atoms with Gasteiger partial charge >= 0.3 is 0 Å². The Morgan fingerprint density at radius 2 is 1.82 bits per heavy atom. The number of carboxylic acid groups (broad SMARTS) is 1. The largest absolute Gasteiger partial charge is 0.493 e. The van der Waals surface area contributed by atoms with Crippen molar-refractivity contribution >= 4 is 18.0 Å². The van der Waals surface area contributed by atoms with E-state index < -0.39 is 18.0 Å². The van der Waals surface area contributed by atoms with Crippen LogP contribution in [0.5, 0.6) is 28.7 Å². The highest BCUT2D eigenvalue weighted by atomic mass is 16.6. The average Bonchev–Trinajstić information content (AvgIpc) is 3.61. The predicted octanol–water partition coefficient (Wildman–Crippen LogP) is 4.19. The van der Waals surface area contributed by atoms with Gasteiger partial charge in [-0.3, -0.25) is 9.59 Å². The standard InChI is InChI=1S/C23H22O6.C3H5NO.C2H4O2/c1-11(2)16-8-14-15(28-16)6-5-12-22(24)21-13-7-18(25-3)19(26-4)9-17(13)27-10-20(21)29-23(12)14;1-2-4-5-3-1;1-2(3)4/h5-7,9,16,20-21H,1,8,10H2,2-4H3;2H,1,3H2;1H3,(H,3,4)/t16-,20-,21+;;/m1../s1. The molecule has 0 saturated carbocycles. The van der Waals surface area contributed by atoms with E-state index in [0.29, 0.717) is 35.0 Å². The van der Waals surface area contributed by atoms with Crippen LogP contribution in [0.15, 0.2) is 41.6 Å². The highest BCUT2D eigenvalue weighted by Crippen LogP contribution is 2.49. The minimum absolute atomic E-state index is 0.0228. The quantitative estimate of drug-likeness (QED) is 0.588. The van der Waals surface area contributed by atoms with Crippen molar-refractivity contribution in [2.45, 2.75) is 44.8 Å². The topological polar surface area (TPSA) is 122 Å². The molecule has 0 radical (unpaired) electrons. The molecule has 0 saturated heterocycles. The van der Waals surface area contributed by atoms with Gasteiger partial charge in [-0.05, 0) is 30.7 Å². The first-order valence-electron chi connectivity index (χ1n) is 12.2. The predicted molar refractivity (Wildman–Crippen MR) is 138 cm³/mol. The van der Waals surface area contributed by atoms with Crippen LogP contribution in [0.3, 0.4) is 0 Å². The molecule has 10 heteroatoms. The van der Waals surface area contributed by atoms with Gasteiger partial charge in [-0.25, -0.2) is 0 Å². The number of methoxy groups -OCH3 is 2. The molecule has 1 N–H and O–H groups in total. The number of aliphatic carboxylic acids is 1. The van der Waals surface area contributed by atoms with Crippen molar-refractivity contribution in [2.24, 2.45) is 5.16 Å². The molecule has 0 bridgehead atoms. The number of carbonyl (C=O) groups excluding carboxylic acids is 1. The van der Waals surface area contributed by atoms with Gasteiger partial charge in [-0.15, -0.1) is 0 Å². The molecule has 10 nitrogen and oxygen atoms in total. The van der Waals surface area contributed by atoms with Gasteiger partial charge in [-0.1, -0.05) is 11.7 Å². The van der Waals surface area contributed by atoms with Gasteiger partial charge in [0.15, 0.2) is 17.3 Å². The second kappa shape index (κ2) is 11.5. The van der Waals surface area contributed by atoms with Gasteiger partial charge in [0.05, 0.1) is 25.7 Å². The first-order valence-corrected chi connectivity index (χ1v) is 12.2. The van der Waals surface area contributed by atoms with E-state index in [1.807, 2.05) is 19.1 Å². The number of hydrogen-bond donors (Lipinski definition) is 1. The third kappa shape index (κ3) is 5.39. The monoisotopic (exact) mass is 525 g/mol. The maximum atomic E-state index is 13.5. The van der Waals surface area contributed by atoms with Crippen molar-refractivity contribution in [3.05, 3.63) is 53.1 Å². The highest BCUT2D eigenvalue weighted by Gasteiger charge is 2.45. The zero-order chi connectivity index (χ0) is 27.4. The van der Waals surface area contributed by atoms with Crippen LogP contribution in [-0.2, 0) is 16.1 Å². The van der Waals surface area contributed by atoms with Crippen LogP contribution in [0.2, 0.25) is 0 Å². The first kappa shape index (κ1) is 26.8. The second-order valence-electron chi connectivity index (χ2n) is 9.06. The average molecular weight is 526 g/mol. The molecule has 4 aliphatic heterocycles. The third-order valence-corrected chi connectivity index (χ3v) is 6.36. The fourth-order valence-corrected chi connectivity index (χ4v) is 4.60. The minimum atomic E-state index is -0.833. The van der Waals surface area contributed by atoms with Crippen LogP contribution in [0.4, 0.5) is 0 Å². The summed E-state index contributed by atoms with van der Waals surface area (Å²) in [6, 6.07) is 7.23. The van der Waals surface area contributed by atoms with E-state index in [1.54, 1.807) is 32.6 Å². The molecule has 2 aromatic carbocycles. The van der Waals surface area contributed by atoms with E-state index in [-0.39, 0.29) is 18.5 Å². The lowest BCUT2D eigenvalue weighted by Crippen LogP contribution is -2.43. The Balaban J connectivity index is 0.000000320. The molecule has 0 spiro atoms. The van der Waals surface area contributed by atoms with Gasteiger partial charge in [0, 0.05) is 43.2 Å². The summed E-state index contributed by atoms with van der Waals surface area (Å²) in [5, 5.41) is 10.9. The number of fused-ring (bicyclic) bond motifs is 6. The Morgan fingerprint density at radius 1 is 1.11 bits per heavy atom. The molecule has 0 aliphatic carbocycles. The maximum Gasteiger partial charge on any atom is 0.300 e. The third-order valence-electron chi connectivity index (χ3n) is 6.36. The van der Waals surface area contributed by atoms with E-state index in [9.17, 15) is 4.79 Å². The molecule has 0 unspecified atom stereocenters. The molecule has 38 heavy (non-hydrogen) atoms. The molecule has 0 fully saturated rings. The van der Waals surface area contributed by atoms with E-state index in [0.717, 1.165) is 42.4 Å². The van der Waals surface area contributed by atoms with Crippen molar-refractivity contribution < 1.29 is 43.2 Å². The van der Waals surface area contributed by atoms with E-state index in [2.05, 4.69) is 16.6 Å². The maximum absolute atomic E-state index is 13.5. The Kier molecular flexibility index (Phi) is 8.09. The first-order chi connectivity index (χ1) is 18.2. The fraction of sp³-hybridized carbons (Fsp3) is 0.393. The summed E-state index contributed by atoms with van der Waals surface area (Å²) in [7, 11) is 3.14. The number of hydrogen-bond acceptors (Lipinski definition) is 9. The lowest BCUT2D eigenvalue weighted by Gasteiger charge is -2.37. The molecule has 3 atom stereocenters. The molecular formula is C28H31NO9. The number of ether oxygens (including phenoxy) is 5. The number of oxime groups is 1. The van der Waals surface area contributed by atoms with E-state index in [4.69, 9.17) is 33.6 Å². The van der Waals surface area contributed by atoms with Crippen LogP contribution < -0.4 is 23.7 Å². The Bertz CT molecular complexity index is 1260. The lowest BCUT2D eigenvalue weighted by atomic mass is 9.81. The Morgan fingerprint density at radius 3 is 2.39 bits per heavy atom. The summed E-state index contributed by atoms with van der Waals surface area (Å²) < 4.78 is 29.0. The van der Waals surface area contributed by atoms with Crippen LogP contribution in [0, 0.1) is 0 Å². The lowest BCUT2D eigenvalue weighted by molar-refractivity contribution is -0.134. The van der Waals surface area contributed by atoms with Gasteiger partial charge in [-0.2, -0.15) is 0 Å². The fourth-order valence-electron chi connectivity index (χ4n) is 4.60. The smallest absolute Gasteiger partial charge is 0.300 e. The zero-order valence-corrected chi connectivity index (χ0v) is 21.8. The summed E-state index contributed by atoms with van der Waals surface area (Å²) in [4.78, 5) is 27.0. The molecule has 6 rings (SSSR count). The van der Waals surface area contributed by atoms with Crippen molar-refractivity contribution in [1.82, 2.24) is 0 Å². The van der Waals surface area contributed by atoms with Crippen LogP contribution in [-0.4, -0.2) is 62.7 Å². The summed E-state index contributed by atoms with van der Waals surface area (Å²) in [5.41, 5.74) is 3.22. The van der Waals surface area contributed by atoms with Gasteiger partial charge in [0.1, 0.15) is 42.7 Å². The normalized spacial score (nSPS) is 21.1. The SMILES string of the molecule is C1=NOCC1.C=C(C)[C@H]1Cc2c(ccc3c2O[C@@H]2COc4cc(OC)c(OC)cc4[C@@H]2C3=O)O1.CC(=O)O. The number of rotatable bonds is 3. The van der Waals surface area contributed by atoms with Crippen LogP contribution in [0.1, 0.15) is 47.7 Å².